The lowest BCUT2D eigenvalue weighted by Gasteiger charge is -2.19. The van der Waals surface area contributed by atoms with Crippen LogP contribution in [0, 0.1) is 5.92 Å². The fourth-order valence-corrected chi connectivity index (χ4v) is 2.76. The van der Waals surface area contributed by atoms with Crippen molar-refractivity contribution in [2.45, 2.75) is 26.5 Å². The topological polar surface area (TPSA) is 123 Å². The molecule has 0 bridgehead atoms. The molecular weight excluding hydrogens is 356 g/mol. The van der Waals surface area contributed by atoms with Crippen LogP contribution in [-0.2, 0) is 16.1 Å². The lowest BCUT2D eigenvalue weighted by Crippen LogP contribution is -2.45. The van der Waals surface area contributed by atoms with Gasteiger partial charge in [0.05, 0.1) is 0 Å². The summed E-state index contributed by atoms with van der Waals surface area (Å²) in [6.45, 7) is 3.94. The number of nitrogens with two attached hydrogens (primary N) is 1. The van der Waals surface area contributed by atoms with Gasteiger partial charge in [0.25, 0.3) is 5.91 Å². The van der Waals surface area contributed by atoms with Crippen molar-refractivity contribution in [1.29, 1.82) is 0 Å². The molecule has 0 saturated carbocycles. The van der Waals surface area contributed by atoms with Crippen LogP contribution in [0.2, 0.25) is 0 Å². The highest BCUT2D eigenvalue weighted by Crippen LogP contribution is 2.18. The third kappa shape index (κ3) is 5.55. The third-order valence-corrected chi connectivity index (χ3v) is 4.14. The molecule has 2 aromatic rings. The van der Waals surface area contributed by atoms with E-state index in [4.69, 9.17) is 10.5 Å². The van der Waals surface area contributed by atoms with Gasteiger partial charge < -0.3 is 15.8 Å². The number of imide groups is 1. The predicted octanol–water partition coefficient (Wildman–Crippen LogP) is 2.13. The lowest BCUT2D eigenvalue weighted by atomic mass is 10.1. The summed E-state index contributed by atoms with van der Waals surface area (Å²) in [4.78, 5) is 39.1. The fraction of sp³-hybridized carbons (Fsp3) is 0.294. The first-order valence-corrected chi connectivity index (χ1v) is 8.79. The number of hydrogen-bond acceptors (Lipinski definition) is 7. The van der Waals surface area contributed by atoms with E-state index in [1.54, 1.807) is 19.2 Å². The maximum atomic E-state index is 12.2. The minimum Gasteiger partial charge on any atom is -0.447 e. The van der Waals surface area contributed by atoms with E-state index in [9.17, 15) is 14.4 Å². The normalized spacial score (nSPS) is 11.7. The van der Waals surface area contributed by atoms with E-state index < -0.39 is 24.0 Å². The molecule has 0 unspecified atom stereocenters. The molecule has 26 heavy (non-hydrogen) atoms. The average Bonchev–Trinajstić information content (AvgIpc) is 3.06. The molecule has 0 radical (unpaired) electrons. The molecule has 0 saturated heterocycles. The number of urea groups is 1. The summed E-state index contributed by atoms with van der Waals surface area (Å²) in [5, 5.41) is 7.14. The maximum absolute atomic E-state index is 12.2. The van der Waals surface area contributed by atoms with Crippen LogP contribution >= 0.6 is 11.3 Å². The molecule has 1 aromatic carbocycles. The zero-order chi connectivity index (χ0) is 19.1. The van der Waals surface area contributed by atoms with Crippen molar-refractivity contribution >= 4 is 34.4 Å². The monoisotopic (exact) mass is 376 g/mol. The van der Waals surface area contributed by atoms with Gasteiger partial charge in [-0.05, 0) is 11.5 Å². The molecule has 0 aliphatic carbocycles. The van der Waals surface area contributed by atoms with Crippen LogP contribution < -0.4 is 16.4 Å². The summed E-state index contributed by atoms with van der Waals surface area (Å²) >= 11 is 1.25. The van der Waals surface area contributed by atoms with Crippen LogP contribution in [0.25, 0.3) is 0 Å². The third-order valence-electron chi connectivity index (χ3n) is 3.34. The van der Waals surface area contributed by atoms with Gasteiger partial charge in [-0.15, -0.1) is 11.3 Å². The Balaban J connectivity index is 1.97. The number of anilines is 1. The largest absolute Gasteiger partial charge is 0.447 e. The SMILES string of the molecule is CC(C)[C@@H](OC(=O)c1csc(NCc2ccccc2)n1)C(=O)NC(N)=O. The smallest absolute Gasteiger partial charge is 0.358 e. The van der Waals surface area contributed by atoms with Gasteiger partial charge in [0.1, 0.15) is 0 Å². The number of aromatic nitrogens is 1. The van der Waals surface area contributed by atoms with E-state index in [1.165, 1.54) is 11.3 Å². The number of benzene rings is 1. The Hall–Kier alpha value is -2.94. The highest BCUT2D eigenvalue weighted by molar-refractivity contribution is 7.13. The van der Waals surface area contributed by atoms with Gasteiger partial charge in [0, 0.05) is 11.9 Å². The molecule has 3 amide bonds. The minimum absolute atomic E-state index is 0.0862. The number of amides is 3. The van der Waals surface area contributed by atoms with Crippen LogP contribution in [0.3, 0.4) is 0 Å². The number of nitrogens with one attached hydrogen (secondary N) is 2. The van der Waals surface area contributed by atoms with Gasteiger partial charge in [-0.25, -0.2) is 14.6 Å². The molecule has 9 heteroatoms. The van der Waals surface area contributed by atoms with Crippen molar-refractivity contribution in [3.63, 3.8) is 0 Å². The second-order valence-corrected chi connectivity index (χ2v) is 6.66. The van der Waals surface area contributed by atoms with Crippen molar-refractivity contribution < 1.29 is 19.1 Å². The van der Waals surface area contributed by atoms with Gasteiger partial charge >= 0.3 is 12.0 Å². The van der Waals surface area contributed by atoms with Crippen molar-refractivity contribution in [3.05, 3.63) is 47.0 Å². The summed E-state index contributed by atoms with van der Waals surface area (Å²) in [6.07, 6.45) is -1.14. The first kappa shape index (κ1) is 19.4. The van der Waals surface area contributed by atoms with E-state index >= 15 is 0 Å². The Kier molecular flexibility index (Phi) is 6.67. The highest BCUT2D eigenvalue weighted by Gasteiger charge is 2.28. The Morgan fingerprint density at radius 1 is 1.23 bits per heavy atom. The van der Waals surface area contributed by atoms with Crippen LogP contribution in [0.15, 0.2) is 35.7 Å². The van der Waals surface area contributed by atoms with Crippen molar-refractivity contribution in [2.75, 3.05) is 5.32 Å². The maximum Gasteiger partial charge on any atom is 0.358 e. The molecule has 0 spiro atoms. The Morgan fingerprint density at radius 2 is 1.92 bits per heavy atom. The molecule has 8 nitrogen and oxygen atoms in total. The number of thiazole rings is 1. The lowest BCUT2D eigenvalue weighted by molar-refractivity contribution is -0.130. The van der Waals surface area contributed by atoms with Crippen LogP contribution in [0.5, 0.6) is 0 Å². The molecule has 0 aliphatic rings. The molecule has 0 aliphatic heterocycles. The molecule has 2 rings (SSSR count). The van der Waals surface area contributed by atoms with Gasteiger partial charge in [-0.2, -0.15) is 0 Å². The van der Waals surface area contributed by atoms with E-state index in [0.29, 0.717) is 11.7 Å². The Labute approximate surface area is 154 Å². The Morgan fingerprint density at radius 3 is 2.54 bits per heavy atom. The molecular formula is C17H20N4O4S. The average molecular weight is 376 g/mol. The molecule has 138 valence electrons. The van der Waals surface area contributed by atoms with Gasteiger partial charge in [-0.1, -0.05) is 44.2 Å². The van der Waals surface area contributed by atoms with Crippen molar-refractivity contribution in [2.24, 2.45) is 11.7 Å². The van der Waals surface area contributed by atoms with Gasteiger partial charge in [0.15, 0.2) is 16.9 Å². The molecule has 1 heterocycles. The van der Waals surface area contributed by atoms with Gasteiger partial charge in [-0.3, -0.25) is 10.1 Å². The number of hydrogen-bond donors (Lipinski definition) is 3. The predicted molar refractivity (Wildman–Crippen MR) is 97.7 cm³/mol. The summed E-state index contributed by atoms with van der Waals surface area (Å²) in [5.74, 6) is -1.85. The second kappa shape index (κ2) is 8.95. The van der Waals surface area contributed by atoms with E-state index in [1.807, 2.05) is 35.6 Å². The quantitative estimate of drug-likeness (QED) is 0.636. The number of carbonyl (C=O) groups is 3. The zero-order valence-electron chi connectivity index (χ0n) is 14.4. The first-order chi connectivity index (χ1) is 12.4. The Bertz CT molecular complexity index is 776. The van der Waals surface area contributed by atoms with Crippen LogP contribution in [0.1, 0.15) is 29.9 Å². The minimum atomic E-state index is -1.14. The standard InChI is InChI=1S/C17H20N4O4S/c1-10(2)13(14(22)21-16(18)24)25-15(23)12-9-26-17(20-12)19-8-11-6-4-3-5-7-11/h3-7,9-10,13H,8H2,1-2H3,(H,19,20)(H3,18,21,22,24)/t13-/m1/s1. The number of carbonyl (C=O) groups excluding carboxylic acids is 3. The van der Waals surface area contributed by atoms with Crippen molar-refractivity contribution in [3.8, 4) is 0 Å². The summed E-state index contributed by atoms with van der Waals surface area (Å²) < 4.78 is 5.19. The highest BCUT2D eigenvalue weighted by atomic mass is 32.1. The number of ether oxygens (including phenoxy) is 1. The van der Waals surface area contributed by atoms with E-state index in [2.05, 4.69) is 10.3 Å². The number of rotatable bonds is 7. The second-order valence-electron chi connectivity index (χ2n) is 5.80. The van der Waals surface area contributed by atoms with E-state index in [-0.39, 0.29) is 11.6 Å². The number of nitrogens with zero attached hydrogens (tertiary/aromatic N) is 1. The molecule has 1 atom stereocenters. The first-order valence-electron chi connectivity index (χ1n) is 7.91. The fourth-order valence-electron chi connectivity index (χ4n) is 2.08. The molecule has 1 aromatic heterocycles. The van der Waals surface area contributed by atoms with Crippen LogP contribution in [-0.4, -0.2) is 29.0 Å². The zero-order valence-corrected chi connectivity index (χ0v) is 15.2. The van der Waals surface area contributed by atoms with Gasteiger partial charge in [0.2, 0.25) is 0 Å². The summed E-state index contributed by atoms with van der Waals surface area (Å²) in [5.41, 5.74) is 6.09. The van der Waals surface area contributed by atoms with Crippen molar-refractivity contribution in [1.82, 2.24) is 10.3 Å². The molecule has 4 N–H and O–H groups in total. The van der Waals surface area contributed by atoms with Crippen LogP contribution in [0.4, 0.5) is 9.93 Å². The summed E-state index contributed by atoms with van der Waals surface area (Å²) in [7, 11) is 0. The summed E-state index contributed by atoms with van der Waals surface area (Å²) in [6, 6.07) is 8.74. The van der Waals surface area contributed by atoms with E-state index in [0.717, 1.165) is 5.56 Å². The number of esters is 1. The molecule has 0 fully saturated rings. The number of primary amides is 1.